The lowest BCUT2D eigenvalue weighted by Crippen LogP contribution is -2.26. The van der Waals surface area contributed by atoms with Crippen molar-refractivity contribution in [3.8, 4) is 0 Å². The van der Waals surface area contributed by atoms with Gasteiger partial charge in [-0.15, -0.1) is 0 Å². The van der Waals surface area contributed by atoms with E-state index in [2.05, 4.69) is 13.5 Å². The van der Waals surface area contributed by atoms with Gasteiger partial charge in [-0.3, -0.25) is 9.59 Å². The number of ether oxygens (including phenoxy) is 1. The molecule has 2 N–H and O–H groups in total. The largest absolute Gasteiger partial charge is 0.435 e. The molecule has 0 aromatic heterocycles. The Balaban J connectivity index is 2.69. The zero-order valence-electron chi connectivity index (χ0n) is 13.9. The van der Waals surface area contributed by atoms with Crippen LogP contribution in [0.15, 0.2) is 37.1 Å². The summed E-state index contributed by atoms with van der Waals surface area (Å²) in [7, 11) is 0. The number of nitrogens with two attached hydrogens (primary N) is 1. The number of unbranched alkanes of at least 4 members (excludes halogenated alkanes) is 5. The first-order chi connectivity index (χ1) is 11.1. The molecular weight excluding hydrogens is 290 g/mol. The number of carbonyl (C=O) groups excluding carboxylic acids is 2. The number of hydrogen-bond donors (Lipinski definition) is 1. The van der Waals surface area contributed by atoms with Crippen LogP contribution in [0.5, 0.6) is 0 Å². The minimum atomic E-state index is -0.816. The number of benzene rings is 1. The molecule has 0 aliphatic heterocycles. The summed E-state index contributed by atoms with van der Waals surface area (Å²) in [6.45, 7) is 5.55. The Labute approximate surface area is 138 Å². The van der Waals surface area contributed by atoms with Gasteiger partial charge in [0.05, 0.1) is 6.26 Å². The highest BCUT2D eigenvalue weighted by atomic mass is 16.5. The monoisotopic (exact) mass is 317 g/mol. The highest BCUT2D eigenvalue weighted by Crippen LogP contribution is 2.22. The zero-order chi connectivity index (χ0) is 17.1. The molecule has 1 aromatic carbocycles. The minimum Gasteiger partial charge on any atom is -0.435 e. The predicted octanol–water partition coefficient (Wildman–Crippen LogP) is 4.51. The second-order valence-electron chi connectivity index (χ2n) is 5.66. The number of para-hydroxylation sites is 1. The van der Waals surface area contributed by atoms with Gasteiger partial charge in [0.1, 0.15) is 5.92 Å². The second-order valence-corrected chi connectivity index (χ2v) is 5.66. The summed E-state index contributed by atoms with van der Waals surface area (Å²) in [6.07, 6.45) is 8.11. The van der Waals surface area contributed by atoms with Crippen molar-refractivity contribution in [3.63, 3.8) is 0 Å². The fraction of sp³-hybridized carbons (Fsp3) is 0.474. The van der Waals surface area contributed by atoms with E-state index in [0.29, 0.717) is 17.7 Å². The van der Waals surface area contributed by atoms with Crippen molar-refractivity contribution in [2.24, 2.45) is 5.92 Å². The SMILES string of the molecule is C=COC(=O)C(CCCCCCCC)C(=O)c1ccccc1N. The Morgan fingerprint density at radius 1 is 1.17 bits per heavy atom. The smallest absolute Gasteiger partial charge is 0.321 e. The molecule has 1 rings (SSSR count). The van der Waals surface area contributed by atoms with Gasteiger partial charge >= 0.3 is 5.97 Å². The molecule has 1 aromatic rings. The molecule has 0 aliphatic carbocycles. The van der Waals surface area contributed by atoms with Crippen molar-refractivity contribution < 1.29 is 14.3 Å². The van der Waals surface area contributed by atoms with Gasteiger partial charge in [0.25, 0.3) is 0 Å². The fourth-order valence-corrected chi connectivity index (χ4v) is 2.56. The van der Waals surface area contributed by atoms with E-state index in [-0.39, 0.29) is 5.78 Å². The van der Waals surface area contributed by atoms with Gasteiger partial charge in [0.2, 0.25) is 0 Å². The predicted molar refractivity (Wildman–Crippen MR) is 93.0 cm³/mol. The number of carbonyl (C=O) groups is 2. The first-order valence-electron chi connectivity index (χ1n) is 8.32. The number of ketones is 1. The normalized spacial score (nSPS) is 11.7. The Hall–Kier alpha value is -2.10. The lowest BCUT2D eigenvalue weighted by molar-refractivity contribution is -0.141. The molecule has 126 valence electrons. The first-order valence-corrected chi connectivity index (χ1v) is 8.32. The van der Waals surface area contributed by atoms with Crippen molar-refractivity contribution in [2.45, 2.75) is 51.9 Å². The third kappa shape index (κ3) is 6.27. The topological polar surface area (TPSA) is 69.4 Å². The Morgan fingerprint density at radius 3 is 2.48 bits per heavy atom. The van der Waals surface area contributed by atoms with Crippen molar-refractivity contribution in [2.75, 3.05) is 5.73 Å². The van der Waals surface area contributed by atoms with Crippen LogP contribution in [0.4, 0.5) is 5.69 Å². The molecule has 23 heavy (non-hydrogen) atoms. The molecule has 1 unspecified atom stereocenters. The summed E-state index contributed by atoms with van der Waals surface area (Å²) >= 11 is 0. The highest BCUT2D eigenvalue weighted by molar-refractivity contribution is 6.11. The molecule has 0 aliphatic rings. The second kappa shape index (κ2) is 10.6. The Kier molecular flexibility index (Phi) is 8.73. The van der Waals surface area contributed by atoms with Crippen LogP contribution >= 0.6 is 0 Å². The van der Waals surface area contributed by atoms with Gasteiger partial charge in [-0.2, -0.15) is 0 Å². The fourth-order valence-electron chi connectivity index (χ4n) is 2.56. The summed E-state index contributed by atoms with van der Waals surface area (Å²) < 4.78 is 4.85. The molecular formula is C19H27NO3. The average Bonchev–Trinajstić information content (AvgIpc) is 2.54. The van der Waals surface area contributed by atoms with Crippen molar-refractivity contribution >= 4 is 17.4 Å². The van der Waals surface area contributed by atoms with Gasteiger partial charge in [-0.05, 0) is 18.6 Å². The van der Waals surface area contributed by atoms with E-state index in [1.54, 1.807) is 24.3 Å². The highest BCUT2D eigenvalue weighted by Gasteiger charge is 2.29. The lowest BCUT2D eigenvalue weighted by atomic mass is 9.91. The van der Waals surface area contributed by atoms with Crippen LogP contribution in [0, 0.1) is 5.92 Å². The maximum Gasteiger partial charge on any atom is 0.321 e. The summed E-state index contributed by atoms with van der Waals surface area (Å²) in [5, 5.41) is 0. The number of rotatable bonds is 11. The maximum atomic E-state index is 12.6. The van der Waals surface area contributed by atoms with Gasteiger partial charge in [0, 0.05) is 11.3 Å². The number of hydrogen-bond acceptors (Lipinski definition) is 4. The van der Waals surface area contributed by atoms with E-state index in [1.165, 1.54) is 19.3 Å². The minimum absolute atomic E-state index is 0.275. The van der Waals surface area contributed by atoms with Gasteiger partial charge in [0.15, 0.2) is 5.78 Å². The Bertz CT molecular complexity index is 525. The Morgan fingerprint density at radius 2 is 1.83 bits per heavy atom. The molecule has 0 saturated carbocycles. The van der Waals surface area contributed by atoms with Crippen LogP contribution < -0.4 is 5.73 Å². The van der Waals surface area contributed by atoms with Crippen LogP contribution in [0.25, 0.3) is 0 Å². The van der Waals surface area contributed by atoms with Crippen LogP contribution in [0.1, 0.15) is 62.2 Å². The summed E-state index contributed by atoms with van der Waals surface area (Å²) in [5.41, 5.74) is 6.62. The molecule has 4 heteroatoms. The number of anilines is 1. The quantitative estimate of drug-likeness (QED) is 0.163. The van der Waals surface area contributed by atoms with Crippen molar-refractivity contribution in [3.05, 3.63) is 42.7 Å². The van der Waals surface area contributed by atoms with E-state index in [0.717, 1.165) is 25.5 Å². The third-order valence-corrected chi connectivity index (χ3v) is 3.87. The molecule has 0 spiro atoms. The van der Waals surface area contributed by atoms with E-state index in [9.17, 15) is 9.59 Å². The van der Waals surface area contributed by atoms with Crippen LogP contribution in [-0.4, -0.2) is 11.8 Å². The van der Waals surface area contributed by atoms with E-state index in [4.69, 9.17) is 10.5 Å². The molecule has 0 heterocycles. The van der Waals surface area contributed by atoms with Gasteiger partial charge in [-0.1, -0.05) is 64.2 Å². The van der Waals surface area contributed by atoms with Crippen molar-refractivity contribution in [1.82, 2.24) is 0 Å². The third-order valence-electron chi connectivity index (χ3n) is 3.87. The summed E-state index contributed by atoms with van der Waals surface area (Å²) in [5.74, 6) is -1.64. The number of esters is 1. The first kappa shape index (κ1) is 18.9. The van der Waals surface area contributed by atoms with E-state index < -0.39 is 11.9 Å². The zero-order valence-corrected chi connectivity index (χ0v) is 13.9. The number of nitrogen functional groups attached to an aromatic ring is 1. The van der Waals surface area contributed by atoms with E-state index in [1.807, 2.05) is 0 Å². The number of Topliss-reactive ketones (excluding diaryl/α,β-unsaturated/α-hetero) is 1. The van der Waals surface area contributed by atoms with Crippen molar-refractivity contribution in [1.29, 1.82) is 0 Å². The van der Waals surface area contributed by atoms with E-state index >= 15 is 0 Å². The molecule has 4 nitrogen and oxygen atoms in total. The van der Waals surface area contributed by atoms with Gasteiger partial charge in [-0.25, -0.2) is 0 Å². The van der Waals surface area contributed by atoms with Crippen LogP contribution in [0.2, 0.25) is 0 Å². The molecule has 0 saturated heterocycles. The standard InChI is InChI=1S/C19H27NO3/c1-3-5-6-7-8-9-13-16(19(22)23-4-2)18(21)15-12-10-11-14-17(15)20/h4,10-12,14,16H,2-3,5-9,13,20H2,1H3. The van der Waals surface area contributed by atoms with Crippen LogP contribution in [0.3, 0.4) is 0 Å². The lowest BCUT2D eigenvalue weighted by Gasteiger charge is -2.14. The molecule has 0 fully saturated rings. The van der Waals surface area contributed by atoms with Gasteiger partial charge < -0.3 is 10.5 Å². The maximum absolute atomic E-state index is 12.6. The molecule has 1 atom stereocenters. The molecule has 0 bridgehead atoms. The van der Waals surface area contributed by atoms with Crippen LogP contribution in [-0.2, 0) is 9.53 Å². The summed E-state index contributed by atoms with van der Waals surface area (Å²) in [6, 6.07) is 6.81. The molecule has 0 amide bonds. The average molecular weight is 317 g/mol. The molecule has 0 radical (unpaired) electrons. The summed E-state index contributed by atoms with van der Waals surface area (Å²) in [4.78, 5) is 24.7.